The Kier molecular flexibility index (Phi) is 2.75. The van der Waals surface area contributed by atoms with Gasteiger partial charge in [-0.15, -0.1) is 11.3 Å². The molecule has 1 aromatic carbocycles. The van der Waals surface area contributed by atoms with E-state index in [0.717, 1.165) is 12.1 Å². The molecular formula is C12H7F2N3OS. The lowest BCUT2D eigenvalue weighted by atomic mass is 10.3. The van der Waals surface area contributed by atoms with E-state index in [1.54, 1.807) is 6.07 Å². The Labute approximate surface area is 110 Å². The van der Waals surface area contributed by atoms with Gasteiger partial charge in [0.25, 0.3) is 0 Å². The van der Waals surface area contributed by atoms with Gasteiger partial charge in [-0.3, -0.25) is 0 Å². The molecule has 7 heteroatoms. The van der Waals surface area contributed by atoms with Crippen LogP contribution in [-0.4, -0.2) is 9.97 Å². The third kappa shape index (κ3) is 2.08. The topological polar surface area (TPSA) is 61.0 Å². The molecule has 0 aliphatic carbocycles. The van der Waals surface area contributed by atoms with E-state index >= 15 is 0 Å². The number of nitrogens with zero attached hydrogens (tertiary/aromatic N) is 2. The third-order valence-corrected chi connectivity index (χ3v) is 3.36. The molecule has 0 bridgehead atoms. The Morgan fingerprint density at radius 1 is 1.16 bits per heavy atom. The number of nitrogen functional groups attached to an aromatic ring is 1. The zero-order valence-corrected chi connectivity index (χ0v) is 10.2. The average Bonchev–Trinajstić information content (AvgIpc) is 2.85. The minimum absolute atomic E-state index is 0.183. The summed E-state index contributed by atoms with van der Waals surface area (Å²) in [5.74, 6) is -1.57. The number of nitrogens with two attached hydrogens (primary N) is 1. The van der Waals surface area contributed by atoms with Gasteiger partial charge in [0, 0.05) is 12.1 Å². The van der Waals surface area contributed by atoms with Crippen LogP contribution in [0.4, 0.5) is 14.5 Å². The number of hydrogen-bond acceptors (Lipinski definition) is 5. The van der Waals surface area contributed by atoms with Crippen molar-refractivity contribution in [3.63, 3.8) is 0 Å². The first kappa shape index (κ1) is 11.8. The number of benzene rings is 1. The van der Waals surface area contributed by atoms with Gasteiger partial charge in [-0.1, -0.05) is 0 Å². The lowest BCUT2D eigenvalue weighted by Gasteiger charge is -2.07. The van der Waals surface area contributed by atoms with Gasteiger partial charge in [-0.25, -0.2) is 18.7 Å². The van der Waals surface area contributed by atoms with Gasteiger partial charge in [-0.2, -0.15) is 0 Å². The monoisotopic (exact) mass is 279 g/mol. The lowest BCUT2D eigenvalue weighted by Crippen LogP contribution is -1.96. The molecular weight excluding hydrogens is 272 g/mol. The van der Waals surface area contributed by atoms with E-state index in [-0.39, 0.29) is 17.3 Å². The molecule has 0 fully saturated rings. The average molecular weight is 279 g/mol. The van der Waals surface area contributed by atoms with Gasteiger partial charge in [-0.05, 0) is 11.4 Å². The molecule has 0 radical (unpaired) electrons. The molecule has 4 nitrogen and oxygen atoms in total. The van der Waals surface area contributed by atoms with Crippen LogP contribution < -0.4 is 10.5 Å². The van der Waals surface area contributed by atoms with Gasteiger partial charge in [0.05, 0.1) is 11.2 Å². The van der Waals surface area contributed by atoms with Crippen molar-refractivity contribution in [1.82, 2.24) is 9.97 Å². The molecule has 2 N–H and O–H groups in total. The predicted octanol–water partition coefficient (Wildman–Crippen LogP) is 3.34. The molecule has 0 aliphatic rings. The lowest BCUT2D eigenvalue weighted by molar-refractivity contribution is 0.427. The highest BCUT2D eigenvalue weighted by Crippen LogP contribution is 2.32. The smallest absolute Gasteiger partial charge is 0.240 e. The number of ether oxygens (including phenoxy) is 1. The minimum atomic E-state index is -0.748. The van der Waals surface area contributed by atoms with Crippen LogP contribution in [0.1, 0.15) is 0 Å². The second-order valence-corrected chi connectivity index (χ2v) is 4.64. The summed E-state index contributed by atoms with van der Waals surface area (Å²) < 4.78 is 32.9. The summed E-state index contributed by atoms with van der Waals surface area (Å²) >= 11 is 1.36. The Balaban J connectivity index is 2.06. The van der Waals surface area contributed by atoms with Crippen LogP contribution in [0.5, 0.6) is 11.6 Å². The molecule has 2 heterocycles. The van der Waals surface area contributed by atoms with Crippen molar-refractivity contribution in [2.75, 3.05) is 5.73 Å². The van der Waals surface area contributed by atoms with Crippen molar-refractivity contribution < 1.29 is 13.5 Å². The normalized spacial score (nSPS) is 10.8. The van der Waals surface area contributed by atoms with Crippen molar-refractivity contribution in [1.29, 1.82) is 0 Å². The number of thiophene rings is 1. The molecule has 3 rings (SSSR count). The summed E-state index contributed by atoms with van der Waals surface area (Å²) in [5.41, 5.74) is 5.68. The second-order valence-electron chi connectivity index (χ2n) is 3.72. The van der Waals surface area contributed by atoms with E-state index < -0.39 is 11.6 Å². The number of aromatic nitrogens is 2. The SMILES string of the molecule is Nc1cc(F)c(Oc2ncnc3ccsc23)cc1F. The van der Waals surface area contributed by atoms with Crippen LogP contribution in [-0.2, 0) is 0 Å². The maximum absolute atomic E-state index is 13.6. The van der Waals surface area contributed by atoms with Crippen LogP contribution in [0.2, 0.25) is 0 Å². The molecule has 0 spiro atoms. The number of fused-ring (bicyclic) bond motifs is 1. The standard InChI is InChI=1S/C12H7F2N3OS/c13-6-4-10(7(14)3-8(6)15)18-12-11-9(1-2-19-11)16-5-17-12/h1-5H,15H2. The van der Waals surface area contributed by atoms with Crippen molar-refractivity contribution in [2.45, 2.75) is 0 Å². The fourth-order valence-electron chi connectivity index (χ4n) is 1.57. The van der Waals surface area contributed by atoms with E-state index in [0.29, 0.717) is 10.2 Å². The molecule has 0 saturated heterocycles. The molecule has 96 valence electrons. The van der Waals surface area contributed by atoms with Crippen molar-refractivity contribution >= 4 is 27.2 Å². The molecule has 19 heavy (non-hydrogen) atoms. The van der Waals surface area contributed by atoms with Crippen molar-refractivity contribution in [2.24, 2.45) is 0 Å². The Morgan fingerprint density at radius 3 is 2.84 bits per heavy atom. The molecule has 0 saturated carbocycles. The molecule has 0 amide bonds. The quantitative estimate of drug-likeness (QED) is 0.731. The number of anilines is 1. The largest absolute Gasteiger partial charge is 0.434 e. The van der Waals surface area contributed by atoms with Crippen LogP contribution in [0.25, 0.3) is 10.2 Å². The molecule has 0 aliphatic heterocycles. The first-order valence-corrected chi connectivity index (χ1v) is 6.13. The summed E-state index contributed by atoms with van der Waals surface area (Å²) in [6, 6.07) is 3.55. The van der Waals surface area contributed by atoms with E-state index in [2.05, 4.69) is 9.97 Å². The highest BCUT2D eigenvalue weighted by molar-refractivity contribution is 7.17. The van der Waals surface area contributed by atoms with Gasteiger partial charge in [0.1, 0.15) is 16.8 Å². The number of hydrogen-bond donors (Lipinski definition) is 1. The maximum atomic E-state index is 13.6. The Morgan fingerprint density at radius 2 is 2.00 bits per heavy atom. The molecule has 0 atom stereocenters. The van der Waals surface area contributed by atoms with E-state index in [4.69, 9.17) is 10.5 Å². The van der Waals surface area contributed by atoms with Gasteiger partial charge in [0.2, 0.25) is 5.88 Å². The second kappa shape index (κ2) is 4.43. The molecule has 2 aromatic heterocycles. The van der Waals surface area contributed by atoms with Gasteiger partial charge >= 0.3 is 0 Å². The van der Waals surface area contributed by atoms with E-state index in [9.17, 15) is 8.78 Å². The Hall–Kier alpha value is -2.28. The summed E-state index contributed by atoms with van der Waals surface area (Å²) in [5, 5.41) is 1.81. The molecule has 3 aromatic rings. The highest BCUT2D eigenvalue weighted by atomic mass is 32.1. The van der Waals surface area contributed by atoms with Crippen molar-refractivity contribution in [3.8, 4) is 11.6 Å². The first-order chi connectivity index (χ1) is 9.15. The van der Waals surface area contributed by atoms with Gasteiger partial charge < -0.3 is 10.5 Å². The first-order valence-electron chi connectivity index (χ1n) is 5.26. The highest BCUT2D eigenvalue weighted by Gasteiger charge is 2.13. The number of halogens is 2. The fraction of sp³-hybridized carbons (Fsp3) is 0. The van der Waals surface area contributed by atoms with Crippen molar-refractivity contribution in [3.05, 3.63) is 41.5 Å². The maximum Gasteiger partial charge on any atom is 0.240 e. The van der Waals surface area contributed by atoms with Crippen LogP contribution in [0.3, 0.4) is 0 Å². The zero-order chi connectivity index (χ0) is 13.4. The minimum Gasteiger partial charge on any atom is -0.434 e. The predicted molar refractivity (Wildman–Crippen MR) is 68.3 cm³/mol. The molecule has 0 unspecified atom stereocenters. The Bertz CT molecular complexity index is 760. The number of rotatable bonds is 2. The van der Waals surface area contributed by atoms with E-state index in [1.807, 2.05) is 5.38 Å². The summed E-state index contributed by atoms with van der Waals surface area (Å²) in [4.78, 5) is 7.95. The van der Waals surface area contributed by atoms with E-state index in [1.165, 1.54) is 17.7 Å². The van der Waals surface area contributed by atoms with Crippen LogP contribution >= 0.6 is 11.3 Å². The van der Waals surface area contributed by atoms with Gasteiger partial charge in [0.15, 0.2) is 11.6 Å². The third-order valence-electron chi connectivity index (χ3n) is 2.47. The zero-order valence-electron chi connectivity index (χ0n) is 9.43. The van der Waals surface area contributed by atoms with Crippen LogP contribution in [0, 0.1) is 11.6 Å². The summed E-state index contributed by atoms with van der Waals surface area (Å²) in [6.45, 7) is 0. The summed E-state index contributed by atoms with van der Waals surface area (Å²) in [7, 11) is 0. The fourth-order valence-corrected chi connectivity index (χ4v) is 2.34. The van der Waals surface area contributed by atoms with Crippen LogP contribution in [0.15, 0.2) is 29.9 Å². The summed E-state index contributed by atoms with van der Waals surface area (Å²) in [6.07, 6.45) is 1.30.